The minimum Gasteiger partial charge on any atom is -0.394 e. The first kappa shape index (κ1) is 35.4. The SMILES string of the molecule is CCC/C=C\C/C=C\CCCCCCCC(=O)NC(COC1OC(CO)C(O)C(O)C1O)C(O)/C=C/CCC. The smallest absolute Gasteiger partial charge is 0.220 e. The molecule has 9 nitrogen and oxygen atoms in total. The second kappa shape index (κ2) is 22.1. The molecule has 0 aromatic rings. The molecule has 1 rings (SSSR count). The van der Waals surface area contributed by atoms with E-state index < -0.39 is 49.5 Å². The molecule has 1 aliphatic heterocycles. The summed E-state index contributed by atoms with van der Waals surface area (Å²) in [6, 6.07) is -0.804. The van der Waals surface area contributed by atoms with Crippen LogP contribution in [0.4, 0.5) is 0 Å². The van der Waals surface area contributed by atoms with Gasteiger partial charge >= 0.3 is 0 Å². The summed E-state index contributed by atoms with van der Waals surface area (Å²) in [5, 5.41) is 52.9. The van der Waals surface area contributed by atoms with Gasteiger partial charge in [-0.1, -0.05) is 82.4 Å². The van der Waals surface area contributed by atoms with Crippen molar-refractivity contribution in [3.8, 4) is 0 Å². The van der Waals surface area contributed by atoms with Gasteiger partial charge in [0.1, 0.15) is 24.4 Å². The number of unbranched alkanes of at least 4 members (excludes halogenated alkanes) is 7. The highest BCUT2D eigenvalue weighted by molar-refractivity contribution is 5.76. The standard InChI is InChI=1S/C30H53NO8/c1-3-5-7-8-9-10-11-12-13-14-15-16-18-20-26(34)31-23(24(33)19-17-6-4-2)22-38-30-29(37)28(36)27(35)25(21-32)39-30/h7-8,10-11,17,19,23-25,27-30,32-33,35-37H,3-6,9,12-16,18,20-22H2,1-2H3,(H,31,34)/b8-7-,11-10-,19-17+. The molecule has 0 aliphatic carbocycles. The van der Waals surface area contributed by atoms with E-state index in [-0.39, 0.29) is 12.5 Å². The molecule has 0 saturated carbocycles. The molecule has 226 valence electrons. The van der Waals surface area contributed by atoms with Gasteiger partial charge in [-0.05, 0) is 38.5 Å². The molecular weight excluding hydrogens is 502 g/mol. The average molecular weight is 556 g/mol. The Morgan fingerprint density at radius 3 is 2.21 bits per heavy atom. The number of aliphatic hydroxyl groups is 5. The van der Waals surface area contributed by atoms with Gasteiger partial charge in [0.05, 0.1) is 25.4 Å². The van der Waals surface area contributed by atoms with Crippen LogP contribution < -0.4 is 5.32 Å². The zero-order valence-electron chi connectivity index (χ0n) is 23.9. The van der Waals surface area contributed by atoms with E-state index in [0.29, 0.717) is 6.42 Å². The van der Waals surface area contributed by atoms with Crippen molar-refractivity contribution >= 4 is 5.91 Å². The lowest BCUT2D eigenvalue weighted by atomic mass is 9.99. The summed E-state index contributed by atoms with van der Waals surface area (Å²) < 4.78 is 11.0. The van der Waals surface area contributed by atoms with Crippen LogP contribution in [0.25, 0.3) is 0 Å². The molecule has 7 atom stereocenters. The summed E-state index contributed by atoms with van der Waals surface area (Å²) in [4.78, 5) is 12.6. The topological polar surface area (TPSA) is 149 Å². The lowest BCUT2D eigenvalue weighted by Crippen LogP contribution is -2.60. The Kier molecular flexibility index (Phi) is 20.1. The first-order valence-corrected chi connectivity index (χ1v) is 14.7. The van der Waals surface area contributed by atoms with Crippen molar-refractivity contribution < 1.29 is 39.8 Å². The lowest BCUT2D eigenvalue weighted by Gasteiger charge is -2.40. The van der Waals surface area contributed by atoms with Crippen LogP contribution >= 0.6 is 0 Å². The number of carbonyl (C=O) groups excluding carboxylic acids is 1. The van der Waals surface area contributed by atoms with Crippen LogP contribution in [-0.2, 0) is 14.3 Å². The molecule has 39 heavy (non-hydrogen) atoms. The molecule has 1 fully saturated rings. The van der Waals surface area contributed by atoms with Gasteiger partial charge < -0.3 is 40.3 Å². The second-order valence-corrected chi connectivity index (χ2v) is 10.2. The summed E-state index contributed by atoms with van der Waals surface area (Å²) in [5.41, 5.74) is 0. The van der Waals surface area contributed by atoms with E-state index in [1.54, 1.807) is 6.08 Å². The van der Waals surface area contributed by atoms with Gasteiger partial charge in [-0.3, -0.25) is 4.79 Å². The van der Waals surface area contributed by atoms with Gasteiger partial charge in [-0.25, -0.2) is 0 Å². The number of ether oxygens (including phenoxy) is 2. The predicted octanol–water partition coefficient (Wildman–Crippen LogP) is 3.04. The van der Waals surface area contributed by atoms with Gasteiger partial charge in [-0.2, -0.15) is 0 Å². The van der Waals surface area contributed by atoms with E-state index in [1.807, 2.05) is 13.0 Å². The molecule has 0 aromatic heterocycles. The Labute approximate surface area is 234 Å². The number of aliphatic hydroxyl groups excluding tert-OH is 5. The van der Waals surface area contributed by atoms with Crippen molar-refractivity contribution in [3.63, 3.8) is 0 Å². The van der Waals surface area contributed by atoms with E-state index in [1.165, 1.54) is 6.42 Å². The maximum absolute atomic E-state index is 12.6. The first-order valence-electron chi connectivity index (χ1n) is 14.7. The Morgan fingerprint density at radius 1 is 0.872 bits per heavy atom. The number of hydrogen-bond acceptors (Lipinski definition) is 8. The van der Waals surface area contributed by atoms with Crippen molar-refractivity contribution in [3.05, 3.63) is 36.5 Å². The Hall–Kier alpha value is -1.59. The fourth-order valence-corrected chi connectivity index (χ4v) is 4.20. The highest BCUT2D eigenvalue weighted by atomic mass is 16.7. The molecule has 0 aromatic carbocycles. The first-order chi connectivity index (χ1) is 18.8. The Balaban J connectivity index is 2.43. The Bertz CT molecular complexity index is 711. The quantitative estimate of drug-likeness (QED) is 0.0935. The molecule has 0 spiro atoms. The van der Waals surface area contributed by atoms with Crippen LogP contribution in [0.2, 0.25) is 0 Å². The monoisotopic (exact) mass is 555 g/mol. The van der Waals surface area contributed by atoms with Gasteiger partial charge in [0.15, 0.2) is 6.29 Å². The fourth-order valence-electron chi connectivity index (χ4n) is 4.20. The molecule has 9 heteroatoms. The van der Waals surface area contributed by atoms with Crippen molar-refractivity contribution in [2.75, 3.05) is 13.2 Å². The predicted molar refractivity (Wildman–Crippen MR) is 152 cm³/mol. The number of hydrogen-bond donors (Lipinski definition) is 6. The largest absolute Gasteiger partial charge is 0.394 e. The van der Waals surface area contributed by atoms with Crippen LogP contribution in [0.5, 0.6) is 0 Å². The molecule has 6 N–H and O–H groups in total. The van der Waals surface area contributed by atoms with E-state index in [9.17, 15) is 30.3 Å². The van der Waals surface area contributed by atoms with Crippen molar-refractivity contribution in [2.24, 2.45) is 0 Å². The van der Waals surface area contributed by atoms with Crippen molar-refractivity contribution in [1.82, 2.24) is 5.32 Å². The lowest BCUT2D eigenvalue weighted by molar-refractivity contribution is -0.302. The van der Waals surface area contributed by atoms with Gasteiger partial charge in [-0.15, -0.1) is 0 Å². The molecule has 1 aliphatic rings. The third-order valence-electron chi connectivity index (χ3n) is 6.67. The molecular formula is C30H53NO8. The van der Waals surface area contributed by atoms with Crippen LogP contribution in [-0.4, -0.2) is 87.5 Å². The number of rotatable bonds is 21. The highest BCUT2D eigenvalue weighted by Crippen LogP contribution is 2.22. The molecule has 0 bridgehead atoms. The maximum Gasteiger partial charge on any atom is 0.220 e. The van der Waals surface area contributed by atoms with Crippen molar-refractivity contribution in [1.29, 1.82) is 0 Å². The summed E-state index contributed by atoms with van der Waals surface area (Å²) >= 11 is 0. The summed E-state index contributed by atoms with van der Waals surface area (Å²) in [5.74, 6) is -0.209. The fraction of sp³-hybridized carbons (Fsp3) is 0.767. The number of carbonyl (C=O) groups is 1. The second-order valence-electron chi connectivity index (χ2n) is 10.2. The summed E-state index contributed by atoms with van der Waals surface area (Å²) in [6.07, 6.45) is 15.6. The minimum absolute atomic E-state index is 0.200. The zero-order valence-corrected chi connectivity index (χ0v) is 23.9. The van der Waals surface area contributed by atoms with E-state index in [2.05, 4.69) is 36.5 Å². The maximum atomic E-state index is 12.6. The van der Waals surface area contributed by atoms with E-state index in [4.69, 9.17) is 9.47 Å². The van der Waals surface area contributed by atoms with Crippen LogP contribution in [0.15, 0.2) is 36.5 Å². The molecule has 1 saturated heterocycles. The van der Waals surface area contributed by atoms with E-state index in [0.717, 1.165) is 64.2 Å². The van der Waals surface area contributed by atoms with Crippen LogP contribution in [0.1, 0.15) is 90.9 Å². The molecule has 7 unspecified atom stereocenters. The zero-order chi connectivity index (χ0) is 28.9. The summed E-state index contributed by atoms with van der Waals surface area (Å²) in [7, 11) is 0. The van der Waals surface area contributed by atoms with Gasteiger partial charge in [0.2, 0.25) is 5.91 Å². The summed E-state index contributed by atoms with van der Waals surface area (Å²) in [6.45, 7) is 3.42. The van der Waals surface area contributed by atoms with Crippen molar-refractivity contribution in [2.45, 2.75) is 134 Å². The molecule has 0 radical (unpaired) electrons. The highest BCUT2D eigenvalue weighted by Gasteiger charge is 2.44. The van der Waals surface area contributed by atoms with Gasteiger partial charge in [0, 0.05) is 6.42 Å². The number of nitrogens with one attached hydrogen (secondary N) is 1. The van der Waals surface area contributed by atoms with Gasteiger partial charge in [0.25, 0.3) is 0 Å². The van der Waals surface area contributed by atoms with Crippen LogP contribution in [0.3, 0.4) is 0 Å². The third-order valence-corrected chi connectivity index (χ3v) is 6.67. The Morgan fingerprint density at radius 2 is 1.51 bits per heavy atom. The van der Waals surface area contributed by atoms with E-state index >= 15 is 0 Å². The minimum atomic E-state index is -1.56. The normalized spacial score (nSPS) is 25.6. The average Bonchev–Trinajstić information content (AvgIpc) is 2.93. The van der Waals surface area contributed by atoms with Crippen LogP contribution in [0, 0.1) is 0 Å². The third kappa shape index (κ3) is 15.1. The molecule has 1 heterocycles. The number of allylic oxidation sites excluding steroid dienone is 5. The molecule has 1 amide bonds. The number of amides is 1.